The predicted molar refractivity (Wildman–Crippen MR) is 50.9 cm³/mol. The molecule has 0 fully saturated rings. The van der Waals surface area contributed by atoms with Gasteiger partial charge in [0.05, 0.1) is 14.2 Å². The Morgan fingerprint density at radius 2 is 1.92 bits per heavy atom. The van der Waals surface area contributed by atoms with E-state index < -0.39 is 0 Å². The van der Waals surface area contributed by atoms with Gasteiger partial charge >= 0.3 is 0 Å². The quantitative estimate of drug-likeness (QED) is 0.499. The molecule has 0 heterocycles. The monoisotopic (exact) mass is 188 g/mol. The maximum Gasteiger partial charge on any atom is 0.140 e. The van der Waals surface area contributed by atoms with Gasteiger partial charge in [0, 0.05) is 0 Å². The van der Waals surface area contributed by atoms with Crippen LogP contribution in [0.15, 0.2) is 35.3 Å². The number of methoxy groups -OCH3 is 2. The molecule has 0 bridgehead atoms. The Morgan fingerprint density at radius 3 is 2.17 bits per heavy atom. The smallest absolute Gasteiger partial charge is 0.140 e. The first-order chi connectivity index (χ1) is 5.71. The fraction of sp³-hybridized carbons (Fsp3) is 0.333. The molecule has 0 rings (SSSR count). The average Bonchev–Trinajstić information content (AvgIpc) is 2.09. The number of hydrogen-bond donors (Lipinski definition) is 0. The molecule has 0 aliphatic heterocycles. The summed E-state index contributed by atoms with van der Waals surface area (Å²) >= 11 is 5.90. The molecule has 2 nitrogen and oxygen atoms in total. The number of rotatable bonds is 4. The van der Waals surface area contributed by atoms with Gasteiger partial charge in [0.1, 0.15) is 16.6 Å². The number of halogens is 1. The second-order valence-electron chi connectivity index (χ2n) is 1.94. The van der Waals surface area contributed by atoms with Crippen LogP contribution in [-0.2, 0) is 9.47 Å². The molecule has 0 radical (unpaired) electrons. The van der Waals surface area contributed by atoms with Gasteiger partial charge in [0.2, 0.25) is 0 Å². The minimum absolute atomic E-state index is 0.428. The Bertz CT molecular complexity index is 217. The van der Waals surface area contributed by atoms with Crippen LogP contribution in [0.25, 0.3) is 0 Å². The molecule has 12 heavy (non-hydrogen) atoms. The van der Waals surface area contributed by atoms with Crippen molar-refractivity contribution < 1.29 is 9.47 Å². The van der Waals surface area contributed by atoms with Crippen LogP contribution in [-0.4, -0.2) is 14.2 Å². The Balaban J connectivity index is 4.84. The van der Waals surface area contributed by atoms with Crippen molar-refractivity contribution in [2.75, 3.05) is 14.2 Å². The van der Waals surface area contributed by atoms with Crippen LogP contribution in [0.3, 0.4) is 0 Å². The molecule has 3 heteroatoms. The molecule has 0 saturated heterocycles. The summed E-state index contributed by atoms with van der Waals surface area (Å²) in [5.74, 6) is 1.08. The number of allylic oxidation sites excluding steroid dienone is 3. The van der Waals surface area contributed by atoms with Crippen LogP contribution >= 0.6 is 11.6 Å². The van der Waals surface area contributed by atoms with Gasteiger partial charge in [-0.15, -0.1) is 0 Å². The summed E-state index contributed by atoms with van der Waals surface area (Å²) in [6.45, 7) is 5.38. The van der Waals surface area contributed by atoms with Gasteiger partial charge in [0.25, 0.3) is 0 Å². The van der Waals surface area contributed by atoms with Crippen LogP contribution < -0.4 is 0 Å². The SMILES string of the molecule is C=C/C(OC)=C(Cl)\C(=C/C)OC. The molecule has 0 aromatic rings. The van der Waals surface area contributed by atoms with Crippen molar-refractivity contribution in [3.8, 4) is 0 Å². The lowest BCUT2D eigenvalue weighted by Crippen LogP contribution is -1.92. The fourth-order valence-electron chi connectivity index (χ4n) is 0.718. The van der Waals surface area contributed by atoms with E-state index in [0.29, 0.717) is 16.6 Å². The van der Waals surface area contributed by atoms with E-state index in [9.17, 15) is 0 Å². The molecule has 0 saturated carbocycles. The highest BCUT2D eigenvalue weighted by molar-refractivity contribution is 6.32. The summed E-state index contributed by atoms with van der Waals surface area (Å²) in [5.41, 5.74) is 0. The summed E-state index contributed by atoms with van der Waals surface area (Å²) in [4.78, 5) is 0. The largest absolute Gasteiger partial charge is 0.495 e. The molecule has 0 aromatic heterocycles. The van der Waals surface area contributed by atoms with Crippen molar-refractivity contribution in [1.82, 2.24) is 0 Å². The van der Waals surface area contributed by atoms with E-state index in [0.717, 1.165) is 0 Å². The zero-order chi connectivity index (χ0) is 9.56. The van der Waals surface area contributed by atoms with E-state index in [1.165, 1.54) is 13.2 Å². The third-order valence-corrected chi connectivity index (χ3v) is 1.69. The minimum atomic E-state index is 0.428. The highest BCUT2D eigenvalue weighted by Gasteiger charge is 2.06. The highest BCUT2D eigenvalue weighted by Crippen LogP contribution is 2.20. The van der Waals surface area contributed by atoms with Crippen LogP contribution in [0.1, 0.15) is 6.92 Å². The normalized spacial score (nSPS) is 13.5. The van der Waals surface area contributed by atoms with Crippen LogP contribution in [0.5, 0.6) is 0 Å². The van der Waals surface area contributed by atoms with Crippen LogP contribution in [0.2, 0.25) is 0 Å². The Hall–Kier alpha value is -0.890. The third-order valence-electron chi connectivity index (χ3n) is 1.32. The number of ether oxygens (including phenoxy) is 2. The topological polar surface area (TPSA) is 18.5 Å². The predicted octanol–water partition coefficient (Wildman–Crippen LogP) is 2.82. The molecule has 68 valence electrons. The van der Waals surface area contributed by atoms with Gasteiger partial charge in [-0.05, 0) is 19.1 Å². The summed E-state index contributed by atoms with van der Waals surface area (Å²) < 4.78 is 9.94. The minimum Gasteiger partial charge on any atom is -0.495 e. The molecule has 0 atom stereocenters. The molecule has 0 N–H and O–H groups in total. The Morgan fingerprint density at radius 1 is 1.33 bits per heavy atom. The van der Waals surface area contributed by atoms with Gasteiger partial charge < -0.3 is 9.47 Å². The van der Waals surface area contributed by atoms with Gasteiger partial charge in [-0.2, -0.15) is 0 Å². The van der Waals surface area contributed by atoms with E-state index in [1.807, 2.05) is 6.92 Å². The maximum absolute atomic E-state index is 5.90. The molecule has 0 aliphatic rings. The standard InChI is InChI=1S/C9H13ClO2/c1-5-7(11-3)9(10)8(6-2)12-4/h5-6H,1H2,2-4H3/b8-6+,9-7-. The second-order valence-corrected chi connectivity index (χ2v) is 2.32. The van der Waals surface area contributed by atoms with Gasteiger partial charge in [0.15, 0.2) is 0 Å². The highest BCUT2D eigenvalue weighted by atomic mass is 35.5. The maximum atomic E-state index is 5.90. The van der Waals surface area contributed by atoms with Crippen molar-refractivity contribution in [2.24, 2.45) is 0 Å². The molecule has 0 aromatic carbocycles. The van der Waals surface area contributed by atoms with Crippen molar-refractivity contribution in [1.29, 1.82) is 0 Å². The molecular formula is C9H13ClO2. The summed E-state index contributed by atoms with van der Waals surface area (Å²) in [7, 11) is 3.08. The first-order valence-electron chi connectivity index (χ1n) is 3.48. The summed E-state index contributed by atoms with van der Waals surface area (Å²) in [6.07, 6.45) is 3.29. The van der Waals surface area contributed by atoms with Crippen molar-refractivity contribution >= 4 is 11.6 Å². The second kappa shape index (κ2) is 5.72. The number of hydrogen-bond acceptors (Lipinski definition) is 2. The van der Waals surface area contributed by atoms with E-state index >= 15 is 0 Å². The molecule has 0 unspecified atom stereocenters. The Kier molecular flexibility index (Phi) is 5.30. The van der Waals surface area contributed by atoms with Gasteiger partial charge in [-0.25, -0.2) is 0 Å². The fourth-order valence-corrected chi connectivity index (χ4v) is 1.06. The molecule has 0 spiro atoms. The lowest BCUT2D eigenvalue weighted by molar-refractivity contribution is 0.281. The summed E-state index contributed by atoms with van der Waals surface area (Å²) in [5, 5.41) is 0.428. The lowest BCUT2D eigenvalue weighted by atomic mass is 10.3. The van der Waals surface area contributed by atoms with Crippen molar-refractivity contribution in [2.45, 2.75) is 6.92 Å². The van der Waals surface area contributed by atoms with E-state index in [-0.39, 0.29) is 0 Å². The van der Waals surface area contributed by atoms with Crippen molar-refractivity contribution in [3.05, 3.63) is 35.3 Å². The zero-order valence-corrected chi connectivity index (χ0v) is 8.31. The van der Waals surface area contributed by atoms with E-state index in [1.54, 1.807) is 13.2 Å². The Labute approximate surface area is 78.1 Å². The molecular weight excluding hydrogens is 176 g/mol. The van der Waals surface area contributed by atoms with Gasteiger partial charge in [-0.3, -0.25) is 0 Å². The van der Waals surface area contributed by atoms with E-state index in [2.05, 4.69) is 6.58 Å². The van der Waals surface area contributed by atoms with Crippen LogP contribution in [0.4, 0.5) is 0 Å². The lowest BCUT2D eigenvalue weighted by Gasteiger charge is -2.07. The summed E-state index contributed by atoms with van der Waals surface area (Å²) in [6, 6.07) is 0. The first kappa shape index (κ1) is 11.1. The third kappa shape index (κ3) is 2.62. The average molecular weight is 189 g/mol. The molecule has 0 amide bonds. The van der Waals surface area contributed by atoms with Crippen molar-refractivity contribution in [3.63, 3.8) is 0 Å². The zero-order valence-electron chi connectivity index (χ0n) is 7.56. The van der Waals surface area contributed by atoms with Gasteiger partial charge in [-0.1, -0.05) is 18.2 Å². The van der Waals surface area contributed by atoms with Crippen LogP contribution in [0, 0.1) is 0 Å². The first-order valence-corrected chi connectivity index (χ1v) is 3.85. The molecule has 0 aliphatic carbocycles. The van der Waals surface area contributed by atoms with E-state index in [4.69, 9.17) is 21.1 Å².